The van der Waals surface area contributed by atoms with Crippen molar-refractivity contribution in [3.63, 3.8) is 0 Å². The lowest BCUT2D eigenvalue weighted by atomic mass is 10.1. The lowest BCUT2D eigenvalue weighted by molar-refractivity contribution is -0.182. The summed E-state index contributed by atoms with van der Waals surface area (Å²) in [5, 5.41) is 17.0. The van der Waals surface area contributed by atoms with Gasteiger partial charge in [0.2, 0.25) is 0 Å². The molecular weight excluding hydrogens is 212 g/mol. The van der Waals surface area contributed by atoms with Crippen LogP contribution in [-0.4, -0.2) is 22.3 Å². The molecule has 14 heavy (non-hydrogen) atoms. The van der Waals surface area contributed by atoms with Gasteiger partial charge in [0.15, 0.2) is 0 Å². The molecule has 0 radical (unpaired) electrons. The maximum Gasteiger partial charge on any atom is 0.373 e. The number of rotatable bonds is 2. The van der Waals surface area contributed by atoms with Gasteiger partial charge in [0.1, 0.15) is 0 Å². The predicted molar refractivity (Wildman–Crippen MR) is 46.5 cm³/mol. The van der Waals surface area contributed by atoms with E-state index in [0.29, 0.717) is 0 Å². The van der Waals surface area contributed by atoms with Gasteiger partial charge in [-0.15, -0.1) is 0 Å². The molecule has 0 saturated heterocycles. The highest BCUT2D eigenvalue weighted by molar-refractivity contribution is 6.31. The van der Waals surface area contributed by atoms with Crippen LogP contribution in [0.5, 0.6) is 0 Å². The molecule has 0 saturated carbocycles. The summed E-state index contributed by atoms with van der Waals surface area (Å²) in [7, 11) is 0. The van der Waals surface area contributed by atoms with Gasteiger partial charge in [-0.25, -0.2) is 9.59 Å². The van der Waals surface area contributed by atoms with Crippen molar-refractivity contribution in [2.75, 3.05) is 0 Å². The van der Waals surface area contributed by atoms with Crippen LogP contribution < -0.4 is 0 Å². The van der Waals surface area contributed by atoms with Crippen molar-refractivity contribution >= 4 is 23.5 Å². The summed E-state index contributed by atoms with van der Waals surface area (Å²) in [5.41, 5.74) is -0.582. The van der Waals surface area contributed by atoms with E-state index in [1.54, 1.807) is 0 Å². The first-order valence-electron chi connectivity index (χ1n) is 3.45. The van der Waals surface area contributed by atoms with E-state index in [4.69, 9.17) is 22.0 Å². The molecule has 0 aliphatic heterocycles. The SMILES string of the molecule is O=C(O)c1cc(Cl)ccc1C(=O)OO. The van der Waals surface area contributed by atoms with Crippen molar-refractivity contribution in [2.24, 2.45) is 0 Å². The summed E-state index contributed by atoms with van der Waals surface area (Å²) < 4.78 is 0. The number of carboxylic acids is 1. The second-order valence-electron chi connectivity index (χ2n) is 2.37. The van der Waals surface area contributed by atoms with Crippen LogP contribution in [0.3, 0.4) is 0 Å². The van der Waals surface area contributed by atoms with Gasteiger partial charge in [-0.2, -0.15) is 5.26 Å². The van der Waals surface area contributed by atoms with E-state index in [2.05, 4.69) is 4.89 Å². The first-order valence-corrected chi connectivity index (χ1v) is 3.82. The Hall–Kier alpha value is -1.59. The highest BCUT2D eigenvalue weighted by atomic mass is 35.5. The van der Waals surface area contributed by atoms with Gasteiger partial charge < -0.3 is 5.11 Å². The number of carbonyl (C=O) groups is 2. The molecule has 74 valence electrons. The quantitative estimate of drug-likeness (QED) is 0.580. The fourth-order valence-corrected chi connectivity index (χ4v) is 1.09. The molecule has 0 aliphatic rings. The molecule has 2 N–H and O–H groups in total. The van der Waals surface area contributed by atoms with Crippen molar-refractivity contribution in [2.45, 2.75) is 0 Å². The molecule has 0 bridgehead atoms. The van der Waals surface area contributed by atoms with Crippen LogP contribution >= 0.6 is 11.6 Å². The minimum atomic E-state index is -1.33. The van der Waals surface area contributed by atoms with Crippen molar-refractivity contribution in [3.8, 4) is 0 Å². The van der Waals surface area contributed by atoms with Gasteiger partial charge in [-0.3, -0.25) is 4.89 Å². The van der Waals surface area contributed by atoms with Crippen LogP contribution in [0.15, 0.2) is 18.2 Å². The van der Waals surface area contributed by atoms with Gasteiger partial charge >= 0.3 is 11.9 Å². The Balaban J connectivity index is 3.28. The monoisotopic (exact) mass is 216 g/mol. The molecule has 0 aliphatic carbocycles. The first-order chi connectivity index (χ1) is 6.56. The summed E-state index contributed by atoms with van der Waals surface area (Å²) in [4.78, 5) is 24.9. The van der Waals surface area contributed by atoms with E-state index in [1.807, 2.05) is 0 Å². The van der Waals surface area contributed by atoms with Crippen LogP contribution in [0, 0.1) is 0 Å². The normalized spacial score (nSPS) is 9.57. The van der Waals surface area contributed by atoms with Gasteiger partial charge in [0.25, 0.3) is 0 Å². The average Bonchev–Trinajstić information content (AvgIpc) is 2.16. The van der Waals surface area contributed by atoms with Crippen molar-refractivity contribution in [3.05, 3.63) is 34.3 Å². The molecule has 5 nitrogen and oxygen atoms in total. The smallest absolute Gasteiger partial charge is 0.373 e. The van der Waals surface area contributed by atoms with Crippen LogP contribution in [0.4, 0.5) is 0 Å². The Kier molecular flexibility index (Phi) is 3.06. The Labute approximate surface area is 83.4 Å². The van der Waals surface area contributed by atoms with Crippen LogP contribution in [0.1, 0.15) is 20.7 Å². The minimum Gasteiger partial charge on any atom is -0.478 e. The molecule has 0 heterocycles. The van der Waals surface area contributed by atoms with Gasteiger partial charge in [0, 0.05) is 5.02 Å². The summed E-state index contributed by atoms with van der Waals surface area (Å²) >= 11 is 5.53. The molecule has 0 spiro atoms. The third-order valence-corrected chi connectivity index (χ3v) is 1.75. The number of carboxylic acid groups (broad SMARTS) is 1. The first kappa shape index (κ1) is 10.5. The van der Waals surface area contributed by atoms with Gasteiger partial charge in [-0.05, 0) is 18.2 Å². The fourth-order valence-electron chi connectivity index (χ4n) is 0.921. The number of benzene rings is 1. The van der Waals surface area contributed by atoms with E-state index >= 15 is 0 Å². The molecule has 0 aromatic heterocycles. The van der Waals surface area contributed by atoms with E-state index in [-0.39, 0.29) is 16.1 Å². The number of halogens is 1. The zero-order valence-corrected chi connectivity index (χ0v) is 7.49. The summed E-state index contributed by atoms with van der Waals surface area (Å²) in [6.45, 7) is 0. The van der Waals surface area contributed by atoms with E-state index < -0.39 is 11.9 Å². The topological polar surface area (TPSA) is 83.8 Å². The molecule has 1 aromatic rings. The van der Waals surface area contributed by atoms with Gasteiger partial charge in [-0.1, -0.05) is 11.6 Å². The largest absolute Gasteiger partial charge is 0.478 e. The van der Waals surface area contributed by atoms with E-state index in [1.165, 1.54) is 6.07 Å². The Bertz CT molecular complexity index is 387. The Morgan fingerprint density at radius 1 is 1.29 bits per heavy atom. The number of carbonyl (C=O) groups excluding carboxylic acids is 1. The van der Waals surface area contributed by atoms with Crippen LogP contribution in [0.2, 0.25) is 5.02 Å². The molecule has 0 unspecified atom stereocenters. The van der Waals surface area contributed by atoms with Crippen molar-refractivity contribution in [1.82, 2.24) is 0 Å². The highest BCUT2D eigenvalue weighted by Gasteiger charge is 2.18. The average molecular weight is 217 g/mol. The van der Waals surface area contributed by atoms with Crippen LogP contribution in [-0.2, 0) is 4.89 Å². The molecule has 0 atom stereocenters. The molecule has 1 rings (SSSR count). The predicted octanol–water partition coefficient (Wildman–Crippen LogP) is 1.67. The summed E-state index contributed by atoms with van der Waals surface area (Å²) in [6, 6.07) is 3.57. The van der Waals surface area contributed by atoms with Crippen LogP contribution in [0.25, 0.3) is 0 Å². The number of hydrogen-bond acceptors (Lipinski definition) is 4. The number of aromatic carboxylic acids is 1. The molecule has 0 fully saturated rings. The number of hydrogen-bond donors (Lipinski definition) is 2. The highest BCUT2D eigenvalue weighted by Crippen LogP contribution is 2.16. The Morgan fingerprint density at radius 2 is 1.93 bits per heavy atom. The van der Waals surface area contributed by atoms with E-state index in [9.17, 15) is 9.59 Å². The van der Waals surface area contributed by atoms with Crippen molar-refractivity contribution < 1.29 is 24.8 Å². The minimum absolute atomic E-state index is 0.178. The second-order valence-corrected chi connectivity index (χ2v) is 2.81. The Morgan fingerprint density at radius 3 is 2.43 bits per heavy atom. The summed E-state index contributed by atoms with van der Waals surface area (Å²) in [5.74, 6) is -2.47. The maximum atomic E-state index is 10.9. The lowest BCUT2D eigenvalue weighted by Crippen LogP contribution is -2.09. The van der Waals surface area contributed by atoms with Crippen molar-refractivity contribution in [1.29, 1.82) is 0 Å². The lowest BCUT2D eigenvalue weighted by Gasteiger charge is -2.02. The molecular formula is C8H5ClO5. The molecule has 1 aromatic carbocycles. The second kappa shape index (κ2) is 4.08. The third-order valence-electron chi connectivity index (χ3n) is 1.51. The standard InChI is InChI=1S/C8H5ClO5/c9-4-1-2-5(8(12)14-13)6(3-4)7(10)11/h1-3,13H,(H,10,11). The zero-order chi connectivity index (χ0) is 10.7. The molecule has 6 heteroatoms. The maximum absolute atomic E-state index is 10.9. The van der Waals surface area contributed by atoms with E-state index in [0.717, 1.165) is 12.1 Å². The summed E-state index contributed by atoms with van der Waals surface area (Å²) in [6.07, 6.45) is 0. The third kappa shape index (κ3) is 2.01. The zero-order valence-electron chi connectivity index (χ0n) is 6.73. The fraction of sp³-hybridized carbons (Fsp3) is 0. The molecule has 0 amide bonds. The van der Waals surface area contributed by atoms with Gasteiger partial charge in [0.05, 0.1) is 11.1 Å².